The van der Waals surface area contributed by atoms with Crippen LogP contribution in [0.3, 0.4) is 0 Å². The molecule has 28 heavy (non-hydrogen) atoms. The van der Waals surface area contributed by atoms with Crippen molar-refractivity contribution in [3.05, 3.63) is 54.1 Å². The number of benzene rings is 2. The standard InChI is InChI=1S/C22H27N3O2S/c1-15(2)16-7-9-18(10-8-16)23-22(28)25-13-11-17(12-14-25)21(27)24-19-5-3-4-6-20(19)26/h3-10,15,17,26H,11-14H2,1-2H3,(H,23,28)(H,24,27). The van der Waals surface area contributed by atoms with E-state index in [0.717, 1.165) is 31.6 Å². The summed E-state index contributed by atoms with van der Waals surface area (Å²) in [6.07, 6.45) is 1.46. The third kappa shape index (κ3) is 5.01. The molecule has 1 amide bonds. The van der Waals surface area contributed by atoms with Crippen LogP contribution in [0.5, 0.6) is 5.75 Å². The van der Waals surface area contributed by atoms with Crippen molar-refractivity contribution in [1.29, 1.82) is 0 Å². The quantitative estimate of drug-likeness (QED) is 0.521. The van der Waals surface area contributed by atoms with Gasteiger partial charge in [0.1, 0.15) is 5.75 Å². The highest BCUT2D eigenvalue weighted by molar-refractivity contribution is 7.80. The fourth-order valence-electron chi connectivity index (χ4n) is 3.31. The van der Waals surface area contributed by atoms with Crippen molar-refractivity contribution in [2.45, 2.75) is 32.6 Å². The summed E-state index contributed by atoms with van der Waals surface area (Å²) in [5.74, 6) is 0.458. The Morgan fingerprint density at radius 2 is 1.71 bits per heavy atom. The van der Waals surface area contributed by atoms with E-state index in [0.29, 0.717) is 16.7 Å². The van der Waals surface area contributed by atoms with Crippen molar-refractivity contribution in [3.8, 4) is 5.75 Å². The Balaban J connectivity index is 1.49. The van der Waals surface area contributed by atoms with Crippen LogP contribution in [0.1, 0.15) is 38.2 Å². The van der Waals surface area contributed by atoms with Gasteiger partial charge in [0.2, 0.25) is 5.91 Å². The summed E-state index contributed by atoms with van der Waals surface area (Å²) < 4.78 is 0. The largest absolute Gasteiger partial charge is 0.506 e. The van der Waals surface area contributed by atoms with Crippen LogP contribution in [0.4, 0.5) is 11.4 Å². The van der Waals surface area contributed by atoms with Crippen molar-refractivity contribution in [1.82, 2.24) is 4.90 Å². The minimum Gasteiger partial charge on any atom is -0.506 e. The minimum absolute atomic E-state index is 0.0516. The Labute approximate surface area is 171 Å². The number of amides is 1. The molecule has 2 aromatic carbocycles. The monoisotopic (exact) mass is 397 g/mol. The minimum atomic E-state index is -0.0796. The van der Waals surface area contributed by atoms with Crippen LogP contribution in [0, 0.1) is 5.92 Å². The number of para-hydroxylation sites is 2. The molecule has 0 aromatic heterocycles. The van der Waals surface area contributed by atoms with Gasteiger partial charge in [-0.25, -0.2) is 0 Å². The SMILES string of the molecule is CC(C)c1ccc(NC(=S)N2CCC(C(=O)Nc3ccccc3O)CC2)cc1. The smallest absolute Gasteiger partial charge is 0.227 e. The van der Waals surface area contributed by atoms with Crippen LogP contribution < -0.4 is 10.6 Å². The van der Waals surface area contributed by atoms with E-state index < -0.39 is 0 Å². The van der Waals surface area contributed by atoms with Crippen molar-refractivity contribution in [2.75, 3.05) is 23.7 Å². The van der Waals surface area contributed by atoms with Gasteiger partial charge in [-0.3, -0.25) is 4.79 Å². The first-order valence-corrected chi connectivity index (χ1v) is 10.1. The molecule has 3 N–H and O–H groups in total. The van der Waals surface area contributed by atoms with Crippen LogP contribution in [-0.4, -0.2) is 34.1 Å². The number of carbonyl (C=O) groups excluding carboxylic acids is 1. The van der Waals surface area contributed by atoms with Crippen LogP contribution in [0.25, 0.3) is 0 Å². The summed E-state index contributed by atoms with van der Waals surface area (Å²) in [5, 5.41) is 16.6. The number of nitrogens with zero attached hydrogens (tertiary/aromatic N) is 1. The van der Waals surface area contributed by atoms with Gasteiger partial charge >= 0.3 is 0 Å². The van der Waals surface area contributed by atoms with Gasteiger partial charge in [0.15, 0.2) is 5.11 Å². The summed E-state index contributed by atoms with van der Waals surface area (Å²) in [6, 6.07) is 15.1. The molecule has 0 bridgehead atoms. The van der Waals surface area contributed by atoms with E-state index >= 15 is 0 Å². The van der Waals surface area contributed by atoms with Gasteiger partial charge in [0.25, 0.3) is 0 Å². The molecule has 3 rings (SSSR count). The summed E-state index contributed by atoms with van der Waals surface area (Å²) in [4.78, 5) is 14.6. The number of thiocarbonyl (C=S) groups is 1. The van der Waals surface area contributed by atoms with E-state index in [2.05, 4.69) is 41.5 Å². The van der Waals surface area contributed by atoms with E-state index in [9.17, 15) is 9.90 Å². The number of phenolic OH excluding ortho intramolecular Hbond substituents is 1. The Kier molecular flexibility index (Phi) is 6.52. The lowest BCUT2D eigenvalue weighted by Gasteiger charge is -2.33. The van der Waals surface area contributed by atoms with Gasteiger partial charge < -0.3 is 20.6 Å². The first-order chi connectivity index (χ1) is 13.4. The zero-order valence-corrected chi connectivity index (χ0v) is 17.1. The highest BCUT2D eigenvalue weighted by Gasteiger charge is 2.26. The first kappa shape index (κ1) is 20.1. The molecule has 1 heterocycles. The molecular formula is C22H27N3O2S. The van der Waals surface area contributed by atoms with Gasteiger partial charge in [0, 0.05) is 24.7 Å². The predicted octanol–water partition coefficient (Wildman–Crippen LogP) is 4.56. The number of piperidine rings is 1. The molecule has 0 aliphatic carbocycles. The molecule has 2 aromatic rings. The fraction of sp³-hybridized carbons (Fsp3) is 0.364. The maximum absolute atomic E-state index is 12.5. The second-order valence-electron chi connectivity index (χ2n) is 7.47. The molecule has 0 spiro atoms. The van der Waals surface area contributed by atoms with Gasteiger partial charge in [-0.15, -0.1) is 0 Å². The van der Waals surface area contributed by atoms with Crippen LogP contribution in [0.2, 0.25) is 0 Å². The maximum atomic E-state index is 12.5. The summed E-state index contributed by atoms with van der Waals surface area (Å²) >= 11 is 5.55. The Morgan fingerprint density at radius 1 is 1.07 bits per heavy atom. The maximum Gasteiger partial charge on any atom is 0.227 e. The normalized spacial score (nSPS) is 14.8. The van der Waals surface area contributed by atoms with Crippen LogP contribution in [-0.2, 0) is 4.79 Å². The average Bonchev–Trinajstić information content (AvgIpc) is 2.70. The second kappa shape index (κ2) is 9.06. The van der Waals surface area contributed by atoms with Crippen molar-refractivity contribution < 1.29 is 9.90 Å². The topological polar surface area (TPSA) is 64.6 Å². The predicted molar refractivity (Wildman–Crippen MR) is 118 cm³/mol. The second-order valence-corrected chi connectivity index (χ2v) is 7.86. The van der Waals surface area contributed by atoms with E-state index in [1.54, 1.807) is 24.3 Å². The number of phenols is 1. The Bertz CT molecular complexity index is 828. The van der Waals surface area contributed by atoms with E-state index in [1.807, 2.05) is 12.1 Å². The van der Waals surface area contributed by atoms with Gasteiger partial charge in [-0.2, -0.15) is 0 Å². The van der Waals surface area contributed by atoms with Gasteiger partial charge in [-0.05, 0) is 60.8 Å². The van der Waals surface area contributed by atoms with E-state index in [-0.39, 0.29) is 17.6 Å². The number of hydrogen-bond donors (Lipinski definition) is 3. The lowest BCUT2D eigenvalue weighted by Crippen LogP contribution is -2.43. The van der Waals surface area contributed by atoms with Crippen molar-refractivity contribution in [3.63, 3.8) is 0 Å². The number of anilines is 2. The highest BCUT2D eigenvalue weighted by atomic mass is 32.1. The molecule has 1 aliphatic rings. The molecule has 1 aliphatic heterocycles. The third-order valence-electron chi connectivity index (χ3n) is 5.14. The van der Waals surface area contributed by atoms with Crippen LogP contribution >= 0.6 is 12.2 Å². The molecule has 0 saturated carbocycles. The highest BCUT2D eigenvalue weighted by Crippen LogP contribution is 2.25. The van der Waals surface area contributed by atoms with Gasteiger partial charge in [-0.1, -0.05) is 38.1 Å². The Morgan fingerprint density at radius 3 is 2.32 bits per heavy atom. The summed E-state index contributed by atoms with van der Waals surface area (Å²) in [5.41, 5.74) is 2.73. The Hall–Kier alpha value is -2.60. The lowest BCUT2D eigenvalue weighted by molar-refractivity contribution is -0.121. The summed E-state index contributed by atoms with van der Waals surface area (Å²) in [7, 11) is 0. The molecular weight excluding hydrogens is 370 g/mol. The molecule has 1 saturated heterocycles. The third-order valence-corrected chi connectivity index (χ3v) is 5.50. The van der Waals surface area contributed by atoms with Crippen molar-refractivity contribution >= 4 is 34.6 Å². The summed E-state index contributed by atoms with van der Waals surface area (Å²) in [6.45, 7) is 5.81. The zero-order chi connectivity index (χ0) is 20.1. The number of likely N-dealkylation sites (tertiary alicyclic amines) is 1. The number of nitrogens with one attached hydrogen (secondary N) is 2. The van der Waals surface area contributed by atoms with Crippen LogP contribution in [0.15, 0.2) is 48.5 Å². The molecule has 0 radical (unpaired) electrons. The molecule has 6 heteroatoms. The first-order valence-electron chi connectivity index (χ1n) is 9.69. The average molecular weight is 398 g/mol. The number of carbonyl (C=O) groups is 1. The molecule has 0 atom stereocenters. The molecule has 1 fully saturated rings. The van der Waals surface area contributed by atoms with Crippen molar-refractivity contribution in [2.24, 2.45) is 5.92 Å². The molecule has 5 nitrogen and oxygen atoms in total. The zero-order valence-electron chi connectivity index (χ0n) is 16.3. The number of rotatable bonds is 4. The fourth-order valence-corrected chi connectivity index (χ4v) is 3.61. The van der Waals surface area contributed by atoms with E-state index in [4.69, 9.17) is 12.2 Å². The molecule has 0 unspecified atom stereocenters. The number of aromatic hydroxyl groups is 1. The lowest BCUT2D eigenvalue weighted by atomic mass is 9.96. The molecule has 148 valence electrons. The number of hydrogen-bond acceptors (Lipinski definition) is 3. The van der Waals surface area contributed by atoms with E-state index in [1.165, 1.54) is 5.56 Å². The van der Waals surface area contributed by atoms with Gasteiger partial charge in [0.05, 0.1) is 5.69 Å².